The SMILES string of the molecule is CC(C)[C@]1(C(=O)NCc2cc(C(F)(F)F)cc(C(F)(F)F)c2)CC[C@@H](NCc2ccc(S(=O)O)cc2)C1. The first-order chi connectivity index (χ1) is 17.1. The highest BCUT2D eigenvalue weighted by Gasteiger charge is 2.47. The van der Waals surface area contributed by atoms with E-state index in [4.69, 9.17) is 4.55 Å². The summed E-state index contributed by atoms with van der Waals surface area (Å²) < 4.78 is 99.1. The number of carbonyl (C=O) groups excluding carboxylic acids is 1. The Hall–Kier alpha value is -2.44. The maximum Gasteiger partial charge on any atom is 0.416 e. The van der Waals surface area contributed by atoms with Crippen molar-refractivity contribution in [3.05, 3.63) is 64.7 Å². The Labute approximate surface area is 213 Å². The molecule has 0 heterocycles. The molecule has 2 aromatic carbocycles. The zero-order valence-electron chi connectivity index (χ0n) is 20.2. The van der Waals surface area contributed by atoms with E-state index in [0.29, 0.717) is 37.9 Å². The van der Waals surface area contributed by atoms with E-state index in [1.165, 1.54) is 0 Å². The molecule has 1 amide bonds. The van der Waals surface area contributed by atoms with E-state index in [-0.39, 0.29) is 28.5 Å². The first-order valence-electron chi connectivity index (χ1n) is 11.6. The van der Waals surface area contributed by atoms with Crippen LogP contribution < -0.4 is 10.6 Å². The van der Waals surface area contributed by atoms with E-state index < -0.39 is 52.4 Å². The molecule has 2 aromatic rings. The van der Waals surface area contributed by atoms with Gasteiger partial charge >= 0.3 is 12.4 Å². The van der Waals surface area contributed by atoms with Crippen molar-refractivity contribution >= 4 is 17.0 Å². The molecule has 3 N–H and O–H groups in total. The van der Waals surface area contributed by atoms with Crippen LogP contribution in [0.5, 0.6) is 0 Å². The molecule has 0 saturated heterocycles. The van der Waals surface area contributed by atoms with Gasteiger partial charge in [-0.2, -0.15) is 26.3 Å². The lowest BCUT2D eigenvalue weighted by atomic mass is 9.74. The van der Waals surface area contributed by atoms with Gasteiger partial charge in [-0.25, -0.2) is 4.21 Å². The van der Waals surface area contributed by atoms with Gasteiger partial charge in [-0.15, -0.1) is 0 Å². The molecule has 12 heteroatoms. The van der Waals surface area contributed by atoms with Crippen LogP contribution in [-0.4, -0.2) is 20.7 Å². The van der Waals surface area contributed by atoms with Crippen molar-refractivity contribution in [1.29, 1.82) is 0 Å². The zero-order valence-corrected chi connectivity index (χ0v) is 21.0. The van der Waals surface area contributed by atoms with Gasteiger partial charge in [-0.3, -0.25) is 4.79 Å². The Kier molecular flexibility index (Phi) is 8.75. The van der Waals surface area contributed by atoms with E-state index in [1.54, 1.807) is 24.3 Å². The molecule has 0 aromatic heterocycles. The van der Waals surface area contributed by atoms with E-state index in [0.717, 1.165) is 5.56 Å². The number of nitrogens with one attached hydrogen (secondary N) is 2. The quantitative estimate of drug-likeness (QED) is 0.282. The lowest BCUT2D eigenvalue weighted by Crippen LogP contribution is -2.43. The smallest absolute Gasteiger partial charge is 0.352 e. The van der Waals surface area contributed by atoms with Crippen molar-refractivity contribution in [2.75, 3.05) is 0 Å². The summed E-state index contributed by atoms with van der Waals surface area (Å²) in [4.78, 5) is 13.5. The number of rotatable bonds is 8. The molecule has 0 aliphatic heterocycles. The topological polar surface area (TPSA) is 78.4 Å². The fraction of sp³-hybridized carbons (Fsp3) is 0.480. The Morgan fingerprint density at radius 1 is 1.00 bits per heavy atom. The Morgan fingerprint density at radius 3 is 2.05 bits per heavy atom. The number of alkyl halides is 6. The van der Waals surface area contributed by atoms with Crippen LogP contribution in [0.25, 0.3) is 0 Å². The summed E-state index contributed by atoms with van der Waals surface area (Å²) >= 11 is -2.07. The average molecular weight is 551 g/mol. The van der Waals surface area contributed by atoms with Crippen LogP contribution in [-0.2, 0) is 41.3 Å². The molecule has 204 valence electrons. The molecule has 0 radical (unpaired) electrons. The first kappa shape index (κ1) is 29.1. The second kappa shape index (κ2) is 11.1. The van der Waals surface area contributed by atoms with Crippen molar-refractivity contribution in [2.45, 2.75) is 69.5 Å². The van der Waals surface area contributed by atoms with E-state index in [2.05, 4.69) is 10.6 Å². The summed E-state index contributed by atoms with van der Waals surface area (Å²) in [5.74, 6) is -0.530. The van der Waals surface area contributed by atoms with Gasteiger partial charge in [-0.05, 0) is 66.6 Å². The number of carbonyl (C=O) groups is 1. The van der Waals surface area contributed by atoms with Gasteiger partial charge in [0.25, 0.3) is 0 Å². The number of halogens is 6. The van der Waals surface area contributed by atoms with Gasteiger partial charge < -0.3 is 15.2 Å². The van der Waals surface area contributed by atoms with Crippen LogP contribution in [0.2, 0.25) is 0 Å². The standard InChI is InChI=1S/C25H28F6N2O3S/c1-15(2)23(8-7-20(12-23)32-13-16-3-5-21(6-4-16)37(35)36)22(34)33-14-17-9-18(24(26,27)28)11-19(10-17)25(29,30)31/h3-6,9-11,15,20,32H,7-8,12-14H2,1-2H3,(H,33,34)(H,35,36)/t20-,23+/m1/s1. The maximum atomic E-state index is 13.2. The third-order valence-electron chi connectivity index (χ3n) is 6.93. The summed E-state index contributed by atoms with van der Waals surface area (Å²) in [6.45, 7) is 3.73. The molecule has 0 bridgehead atoms. The monoisotopic (exact) mass is 550 g/mol. The highest BCUT2D eigenvalue weighted by atomic mass is 32.2. The molecular weight excluding hydrogens is 522 g/mol. The predicted octanol–water partition coefficient (Wildman–Crippen LogP) is 5.91. The van der Waals surface area contributed by atoms with Crippen LogP contribution >= 0.6 is 0 Å². The highest BCUT2D eigenvalue weighted by Crippen LogP contribution is 2.45. The van der Waals surface area contributed by atoms with Gasteiger partial charge in [-0.1, -0.05) is 26.0 Å². The van der Waals surface area contributed by atoms with Crippen LogP contribution in [0, 0.1) is 11.3 Å². The second-order valence-electron chi connectivity index (χ2n) is 9.62. The van der Waals surface area contributed by atoms with E-state index in [1.807, 2.05) is 13.8 Å². The Morgan fingerprint density at radius 2 is 1.57 bits per heavy atom. The van der Waals surface area contributed by atoms with E-state index >= 15 is 0 Å². The normalized spacial score (nSPS) is 21.3. The minimum absolute atomic E-state index is 0.0369. The van der Waals surface area contributed by atoms with Crippen molar-refractivity contribution < 1.29 is 39.9 Å². The van der Waals surface area contributed by atoms with Gasteiger partial charge in [0.1, 0.15) is 0 Å². The minimum Gasteiger partial charge on any atom is -0.352 e. The van der Waals surface area contributed by atoms with Gasteiger partial charge in [0, 0.05) is 19.1 Å². The molecule has 37 heavy (non-hydrogen) atoms. The van der Waals surface area contributed by atoms with Crippen LogP contribution in [0.4, 0.5) is 26.3 Å². The molecule has 3 rings (SSSR count). The summed E-state index contributed by atoms with van der Waals surface area (Å²) in [6, 6.07) is 7.80. The fourth-order valence-corrected chi connectivity index (χ4v) is 5.08. The summed E-state index contributed by atoms with van der Waals surface area (Å²) in [7, 11) is 0. The van der Waals surface area contributed by atoms with Crippen molar-refractivity contribution in [3.63, 3.8) is 0 Å². The zero-order chi connectivity index (χ0) is 27.6. The summed E-state index contributed by atoms with van der Waals surface area (Å²) in [6.07, 6.45) is -8.30. The van der Waals surface area contributed by atoms with Gasteiger partial charge in [0.05, 0.1) is 21.4 Å². The molecule has 3 atom stereocenters. The third-order valence-corrected chi connectivity index (χ3v) is 7.60. The predicted molar refractivity (Wildman–Crippen MR) is 126 cm³/mol. The molecule has 1 fully saturated rings. The number of amides is 1. The van der Waals surface area contributed by atoms with Gasteiger partial charge in [0.15, 0.2) is 11.1 Å². The second-order valence-corrected chi connectivity index (χ2v) is 10.6. The minimum atomic E-state index is -4.96. The number of hydrogen-bond acceptors (Lipinski definition) is 3. The largest absolute Gasteiger partial charge is 0.416 e. The molecule has 1 saturated carbocycles. The number of hydrogen-bond donors (Lipinski definition) is 3. The van der Waals surface area contributed by atoms with Crippen LogP contribution in [0.15, 0.2) is 47.4 Å². The molecular formula is C25H28F6N2O3S. The molecule has 5 nitrogen and oxygen atoms in total. The Balaban J connectivity index is 1.68. The first-order valence-corrected chi connectivity index (χ1v) is 12.7. The Bertz CT molecular complexity index is 1100. The van der Waals surface area contributed by atoms with Gasteiger partial charge in [0.2, 0.25) is 5.91 Å². The third kappa shape index (κ3) is 7.11. The maximum absolute atomic E-state index is 13.2. The van der Waals surface area contributed by atoms with Crippen molar-refractivity contribution in [1.82, 2.24) is 10.6 Å². The molecule has 1 aliphatic carbocycles. The fourth-order valence-electron chi connectivity index (χ4n) is 4.71. The lowest BCUT2D eigenvalue weighted by molar-refractivity contribution is -0.143. The molecule has 1 aliphatic rings. The average Bonchev–Trinajstić information content (AvgIpc) is 3.26. The summed E-state index contributed by atoms with van der Waals surface area (Å²) in [5, 5.41) is 5.94. The van der Waals surface area contributed by atoms with Crippen molar-refractivity contribution in [2.24, 2.45) is 11.3 Å². The number of benzene rings is 2. The van der Waals surface area contributed by atoms with Crippen LogP contribution in [0.3, 0.4) is 0 Å². The van der Waals surface area contributed by atoms with Crippen molar-refractivity contribution in [3.8, 4) is 0 Å². The van der Waals surface area contributed by atoms with E-state index in [9.17, 15) is 35.3 Å². The summed E-state index contributed by atoms with van der Waals surface area (Å²) in [5.41, 5.74) is -3.08. The lowest BCUT2D eigenvalue weighted by Gasteiger charge is -2.32. The molecule has 1 unspecified atom stereocenters. The molecule has 0 spiro atoms. The van der Waals surface area contributed by atoms with Crippen LogP contribution in [0.1, 0.15) is 55.4 Å². The highest BCUT2D eigenvalue weighted by molar-refractivity contribution is 7.79.